The maximum atomic E-state index is 13.1. The van der Waals surface area contributed by atoms with E-state index in [1.165, 1.54) is 4.57 Å². The molecular formula is C21H24N4O3. The second-order valence-electron chi connectivity index (χ2n) is 7.22. The van der Waals surface area contributed by atoms with Crippen LogP contribution in [0.2, 0.25) is 0 Å². The molecule has 0 fully saturated rings. The Morgan fingerprint density at radius 1 is 1.21 bits per heavy atom. The van der Waals surface area contributed by atoms with E-state index in [1.54, 1.807) is 13.0 Å². The topological polar surface area (TPSA) is 96.9 Å². The Bertz CT molecular complexity index is 1190. The highest BCUT2D eigenvalue weighted by atomic mass is 16.2. The summed E-state index contributed by atoms with van der Waals surface area (Å²) in [5, 5.41) is 3.00. The van der Waals surface area contributed by atoms with Crippen molar-refractivity contribution >= 4 is 22.6 Å². The van der Waals surface area contributed by atoms with Crippen molar-refractivity contribution in [3.8, 4) is 0 Å². The molecule has 3 rings (SSSR count). The van der Waals surface area contributed by atoms with Crippen LogP contribution < -0.4 is 16.6 Å². The van der Waals surface area contributed by atoms with Crippen LogP contribution in [-0.4, -0.2) is 20.4 Å². The molecule has 7 nitrogen and oxygen atoms in total. The maximum absolute atomic E-state index is 13.1. The molecule has 2 heterocycles. The van der Waals surface area contributed by atoms with E-state index in [-0.39, 0.29) is 22.5 Å². The van der Waals surface area contributed by atoms with Crippen molar-refractivity contribution in [2.24, 2.45) is 0 Å². The minimum atomic E-state index is -0.613. The lowest BCUT2D eigenvalue weighted by molar-refractivity contribution is 0.102. The molecule has 0 radical (unpaired) electrons. The predicted molar refractivity (Wildman–Crippen MR) is 110 cm³/mol. The third-order valence-electron chi connectivity index (χ3n) is 4.75. The monoisotopic (exact) mass is 380 g/mol. The Hall–Kier alpha value is -3.22. The summed E-state index contributed by atoms with van der Waals surface area (Å²) in [7, 11) is 0. The lowest BCUT2D eigenvalue weighted by atomic mass is 10.0. The van der Waals surface area contributed by atoms with Gasteiger partial charge in [0.2, 0.25) is 0 Å². The van der Waals surface area contributed by atoms with E-state index in [0.29, 0.717) is 17.9 Å². The Balaban J connectivity index is 2.25. The van der Waals surface area contributed by atoms with Crippen molar-refractivity contribution in [2.75, 3.05) is 5.32 Å². The number of hydrogen-bond donors (Lipinski definition) is 2. The molecule has 0 bridgehead atoms. The van der Waals surface area contributed by atoms with E-state index in [9.17, 15) is 14.4 Å². The SMILES string of the molecule is CCn1c(=O)[nH]c(=O)c2c(C(=O)Nc3ccc(C)cc3C)cc(C(C)C)nc21. The minimum Gasteiger partial charge on any atom is -0.322 e. The van der Waals surface area contributed by atoms with Crippen LogP contribution >= 0.6 is 0 Å². The number of fused-ring (bicyclic) bond motifs is 1. The average Bonchev–Trinajstić information content (AvgIpc) is 2.63. The quantitative estimate of drug-likeness (QED) is 0.727. The number of aromatic amines is 1. The molecule has 3 aromatic rings. The van der Waals surface area contributed by atoms with Crippen LogP contribution in [0.3, 0.4) is 0 Å². The molecule has 0 aliphatic rings. The molecule has 7 heteroatoms. The summed E-state index contributed by atoms with van der Waals surface area (Å²) < 4.78 is 1.37. The zero-order valence-corrected chi connectivity index (χ0v) is 16.7. The highest BCUT2D eigenvalue weighted by Crippen LogP contribution is 2.22. The zero-order valence-electron chi connectivity index (χ0n) is 16.7. The summed E-state index contributed by atoms with van der Waals surface area (Å²) in [5.41, 5.74) is 2.63. The highest BCUT2D eigenvalue weighted by Gasteiger charge is 2.20. The van der Waals surface area contributed by atoms with Crippen LogP contribution in [0.1, 0.15) is 53.9 Å². The first-order valence-corrected chi connectivity index (χ1v) is 9.29. The standard InChI is InChI=1S/C21H24N4O3/c1-6-25-18-17(20(27)24-21(25)28)14(10-16(22-18)11(2)3)19(26)23-15-8-7-12(4)9-13(15)5/h7-11H,6H2,1-5H3,(H,23,26)(H,24,27,28). The van der Waals surface area contributed by atoms with Gasteiger partial charge in [0.25, 0.3) is 11.5 Å². The molecule has 0 aliphatic heterocycles. The number of rotatable bonds is 4. The molecule has 1 aromatic carbocycles. The highest BCUT2D eigenvalue weighted by molar-refractivity contribution is 6.12. The fraction of sp³-hybridized carbons (Fsp3) is 0.333. The summed E-state index contributed by atoms with van der Waals surface area (Å²) in [6, 6.07) is 7.35. The third kappa shape index (κ3) is 3.47. The number of amides is 1. The number of aromatic nitrogens is 3. The first kappa shape index (κ1) is 19.5. The molecule has 2 aromatic heterocycles. The number of anilines is 1. The number of nitrogens with one attached hydrogen (secondary N) is 2. The lowest BCUT2D eigenvalue weighted by Crippen LogP contribution is -2.32. The summed E-state index contributed by atoms with van der Waals surface area (Å²) in [4.78, 5) is 44.6. The first-order valence-electron chi connectivity index (χ1n) is 9.29. The number of H-pyrrole nitrogens is 1. The van der Waals surface area contributed by atoms with Crippen molar-refractivity contribution in [1.82, 2.24) is 14.5 Å². The van der Waals surface area contributed by atoms with Gasteiger partial charge in [0.05, 0.1) is 10.9 Å². The first-order chi connectivity index (χ1) is 13.2. The fourth-order valence-corrected chi connectivity index (χ4v) is 3.21. The van der Waals surface area contributed by atoms with E-state index in [0.717, 1.165) is 11.1 Å². The normalized spacial score (nSPS) is 11.2. The molecule has 1 amide bonds. The van der Waals surface area contributed by atoms with Gasteiger partial charge in [-0.15, -0.1) is 0 Å². The van der Waals surface area contributed by atoms with Gasteiger partial charge in [0.15, 0.2) is 5.65 Å². The van der Waals surface area contributed by atoms with Crippen molar-refractivity contribution in [1.29, 1.82) is 0 Å². The Morgan fingerprint density at radius 2 is 1.93 bits per heavy atom. The summed E-state index contributed by atoms with van der Waals surface area (Å²) in [6.07, 6.45) is 0. The largest absolute Gasteiger partial charge is 0.329 e. The van der Waals surface area contributed by atoms with Crippen LogP contribution in [0.5, 0.6) is 0 Å². The van der Waals surface area contributed by atoms with Crippen molar-refractivity contribution < 1.29 is 4.79 Å². The van der Waals surface area contributed by atoms with Gasteiger partial charge in [-0.2, -0.15) is 0 Å². The van der Waals surface area contributed by atoms with E-state index in [2.05, 4.69) is 15.3 Å². The van der Waals surface area contributed by atoms with Crippen LogP contribution in [0, 0.1) is 13.8 Å². The second kappa shape index (κ2) is 7.42. The molecule has 28 heavy (non-hydrogen) atoms. The minimum absolute atomic E-state index is 0.0248. The molecular weight excluding hydrogens is 356 g/mol. The number of hydrogen-bond acceptors (Lipinski definition) is 4. The van der Waals surface area contributed by atoms with Crippen molar-refractivity contribution in [2.45, 2.75) is 47.1 Å². The summed E-state index contributed by atoms with van der Waals surface area (Å²) in [5.74, 6) is -0.384. The fourth-order valence-electron chi connectivity index (χ4n) is 3.21. The lowest BCUT2D eigenvalue weighted by Gasteiger charge is -2.15. The number of benzene rings is 1. The van der Waals surface area contributed by atoms with Crippen molar-refractivity contribution in [3.63, 3.8) is 0 Å². The average molecular weight is 380 g/mol. The molecule has 2 N–H and O–H groups in total. The molecule has 0 saturated heterocycles. The smallest absolute Gasteiger partial charge is 0.322 e. The third-order valence-corrected chi connectivity index (χ3v) is 4.75. The van der Waals surface area contributed by atoms with Gasteiger partial charge in [-0.1, -0.05) is 31.5 Å². The van der Waals surface area contributed by atoms with Gasteiger partial charge in [-0.25, -0.2) is 9.78 Å². The van der Waals surface area contributed by atoms with Crippen LogP contribution in [-0.2, 0) is 6.54 Å². The molecule has 0 aliphatic carbocycles. The molecule has 0 spiro atoms. The maximum Gasteiger partial charge on any atom is 0.329 e. The van der Waals surface area contributed by atoms with Gasteiger partial charge in [0.1, 0.15) is 0 Å². The van der Waals surface area contributed by atoms with E-state index in [4.69, 9.17) is 0 Å². The van der Waals surface area contributed by atoms with Gasteiger partial charge in [-0.05, 0) is 44.4 Å². The summed E-state index contributed by atoms with van der Waals surface area (Å²) >= 11 is 0. The van der Waals surface area contributed by atoms with Crippen LogP contribution in [0.15, 0.2) is 33.9 Å². The van der Waals surface area contributed by atoms with Gasteiger partial charge < -0.3 is 5.32 Å². The van der Waals surface area contributed by atoms with E-state index in [1.807, 2.05) is 45.9 Å². The van der Waals surface area contributed by atoms with E-state index >= 15 is 0 Å². The zero-order chi connectivity index (χ0) is 20.6. The van der Waals surface area contributed by atoms with Crippen LogP contribution in [0.4, 0.5) is 5.69 Å². The van der Waals surface area contributed by atoms with E-state index < -0.39 is 17.2 Å². The molecule has 0 unspecified atom stereocenters. The van der Waals surface area contributed by atoms with Crippen molar-refractivity contribution in [3.05, 3.63) is 67.5 Å². The Morgan fingerprint density at radius 3 is 2.54 bits per heavy atom. The number of nitrogens with zero attached hydrogens (tertiary/aromatic N) is 2. The van der Waals surface area contributed by atoms with Gasteiger partial charge >= 0.3 is 5.69 Å². The Kier molecular flexibility index (Phi) is 5.18. The molecule has 146 valence electrons. The molecule has 0 saturated carbocycles. The molecule has 0 atom stereocenters. The van der Waals surface area contributed by atoms with Gasteiger partial charge in [0, 0.05) is 17.9 Å². The number of aryl methyl sites for hydroxylation is 3. The summed E-state index contributed by atoms with van der Waals surface area (Å²) in [6.45, 7) is 9.90. The number of carbonyl (C=O) groups excluding carboxylic acids is 1. The Labute approximate surface area is 162 Å². The predicted octanol–water partition coefficient (Wildman–Crippen LogP) is 3.10. The number of pyridine rings is 1. The van der Waals surface area contributed by atoms with Crippen LogP contribution in [0.25, 0.3) is 11.0 Å². The van der Waals surface area contributed by atoms with Gasteiger partial charge in [-0.3, -0.25) is 19.1 Å². The second-order valence-corrected chi connectivity index (χ2v) is 7.22. The number of carbonyl (C=O) groups is 1.